The summed E-state index contributed by atoms with van der Waals surface area (Å²) in [6, 6.07) is 5.62. The number of hydrogen-bond donors (Lipinski definition) is 2. The zero-order valence-electron chi connectivity index (χ0n) is 9.40. The number of thiophene rings is 1. The van der Waals surface area contributed by atoms with Gasteiger partial charge in [-0.05, 0) is 18.6 Å². The first-order chi connectivity index (χ1) is 8.22. The van der Waals surface area contributed by atoms with Crippen LogP contribution >= 0.6 is 22.9 Å². The Bertz CT molecular complexity index is 512. The van der Waals surface area contributed by atoms with Crippen molar-refractivity contribution in [1.82, 2.24) is 9.97 Å². The lowest BCUT2D eigenvalue weighted by atomic mass is 10.2. The van der Waals surface area contributed by atoms with E-state index >= 15 is 0 Å². The van der Waals surface area contributed by atoms with Crippen LogP contribution in [0.5, 0.6) is 0 Å². The van der Waals surface area contributed by atoms with Gasteiger partial charge in [-0.25, -0.2) is 15.8 Å². The second-order valence-electron chi connectivity index (χ2n) is 3.57. The highest BCUT2D eigenvalue weighted by Crippen LogP contribution is 2.29. The lowest BCUT2D eigenvalue weighted by Crippen LogP contribution is -2.10. The Hall–Kier alpha value is -1.17. The average Bonchev–Trinajstić information content (AvgIpc) is 2.76. The van der Waals surface area contributed by atoms with E-state index in [2.05, 4.69) is 22.3 Å². The molecule has 0 amide bonds. The molecule has 90 valence electrons. The molecule has 2 aromatic rings. The van der Waals surface area contributed by atoms with Crippen molar-refractivity contribution in [3.05, 3.63) is 28.2 Å². The third-order valence-electron chi connectivity index (χ3n) is 2.23. The molecule has 4 nitrogen and oxygen atoms in total. The van der Waals surface area contributed by atoms with Crippen molar-refractivity contribution in [1.29, 1.82) is 0 Å². The van der Waals surface area contributed by atoms with Crippen molar-refractivity contribution < 1.29 is 0 Å². The lowest BCUT2D eigenvalue weighted by Gasteiger charge is -2.05. The van der Waals surface area contributed by atoms with Crippen LogP contribution in [0.25, 0.3) is 10.7 Å². The molecule has 0 saturated carbocycles. The summed E-state index contributed by atoms with van der Waals surface area (Å²) in [5.41, 5.74) is 3.54. The Morgan fingerprint density at radius 2 is 2.24 bits per heavy atom. The number of hydrogen-bond acceptors (Lipinski definition) is 5. The minimum absolute atomic E-state index is 0.628. The minimum atomic E-state index is 0.628. The summed E-state index contributed by atoms with van der Waals surface area (Å²) < 4.78 is 0.728. The van der Waals surface area contributed by atoms with E-state index in [1.165, 1.54) is 11.3 Å². The SMILES string of the molecule is CCCc1cc(NN)nc(-c2ccc(Cl)s2)n1. The average molecular weight is 269 g/mol. The van der Waals surface area contributed by atoms with Gasteiger partial charge < -0.3 is 5.43 Å². The first kappa shape index (κ1) is 12.3. The van der Waals surface area contributed by atoms with E-state index in [1.54, 1.807) is 0 Å². The minimum Gasteiger partial charge on any atom is -0.308 e. The Balaban J connectivity index is 2.42. The number of hydrazine groups is 1. The summed E-state index contributed by atoms with van der Waals surface area (Å²) >= 11 is 7.37. The van der Waals surface area contributed by atoms with Gasteiger partial charge in [0.25, 0.3) is 0 Å². The molecule has 0 aromatic carbocycles. The quantitative estimate of drug-likeness (QED) is 0.661. The van der Waals surface area contributed by atoms with Crippen molar-refractivity contribution in [2.24, 2.45) is 5.84 Å². The largest absolute Gasteiger partial charge is 0.308 e. The molecule has 0 aliphatic rings. The molecule has 0 radical (unpaired) electrons. The van der Waals surface area contributed by atoms with Gasteiger partial charge in [0.2, 0.25) is 0 Å². The fourth-order valence-electron chi connectivity index (χ4n) is 1.50. The van der Waals surface area contributed by atoms with Gasteiger partial charge in [0.1, 0.15) is 5.82 Å². The Labute approximate surface area is 109 Å². The molecule has 17 heavy (non-hydrogen) atoms. The predicted molar refractivity (Wildman–Crippen MR) is 72.2 cm³/mol. The number of anilines is 1. The van der Waals surface area contributed by atoms with Gasteiger partial charge in [-0.1, -0.05) is 24.9 Å². The highest BCUT2D eigenvalue weighted by molar-refractivity contribution is 7.19. The van der Waals surface area contributed by atoms with E-state index in [4.69, 9.17) is 17.4 Å². The molecular formula is C11H13ClN4S. The third kappa shape index (κ3) is 2.94. The predicted octanol–water partition coefficient (Wildman–Crippen LogP) is 3.10. The molecule has 0 spiro atoms. The van der Waals surface area contributed by atoms with Gasteiger partial charge in [0, 0.05) is 11.8 Å². The maximum Gasteiger partial charge on any atom is 0.171 e. The number of nitrogen functional groups attached to an aromatic ring is 1. The second-order valence-corrected chi connectivity index (χ2v) is 5.28. The van der Waals surface area contributed by atoms with Gasteiger partial charge in [-0.2, -0.15) is 0 Å². The molecule has 0 saturated heterocycles. The highest BCUT2D eigenvalue weighted by Gasteiger charge is 2.08. The van der Waals surface area contributed by atoms with Gasteiger partial charge in [0.05, 0.1) is 9.21 Å². The first-order valence-electron chi connectivity index (χ1n) is 5.33. The van der Waals surface area contributed by atoms with Crippen molar-refractivity contribution in [3.63, 3.8) is 0 Å². The zero-order valence-corrected chi connectivity index (χ0v) is 11.0. The van der Waals surface area contributed by atoms with E-state index in [0.29, 0.717) is 11.6 Å². The number of nitrogens with one attached hydrogen (secondary N) is 1. The molecule has 0 unspecified atom stereocenters. The van der Waals surface area contributed by atoms with E-state index in [9.17, 15) is 0 Å². The van der Waals surface area contributed by atoms with E-state index in [-0.39, 0.29) is 0 Å². The van der Waals surface area contributed by atoms with Gasteiger partial charge >= 0.3 is 0 Å². The van der Waals surface area contributed by atoms with Gasteiger partial charge in [-0.15, -0.1) is 11.3 Å². The van der Waals surface area contributed by atoms with Crippen LogP contribution in [-0.4, -0.2) is 9.97 Å². The lowest BCUT2D eigenvalue weighted by molar-refractivity contribution is 0.876. The monoisotopic (exact) mass is 268 g/mol. The van der Waals surface area contributed by atoms with Crippen LogP contribution in [0.2, 0.25) is 4.34 Å². The number of aryl methyl sites for hydroxylation is 1. The number of nitrogens with zero attached hydrogens (tertiary/aromatic N) is 2. The Kier molecular flexibility index (Phi) is 3.93. The summed E-state index contributed by atoms with van der Waals surface area (Å²) in [6.07, 6.45) is 1.94. The van der Waals surface area contributed by atoms with E-state index in [0.717, 1.165) is 27.7 Å². The molecule has 2 rings (SSSR count). The Morgan fingerprint density at radius 1 is 1.41 bits per heavy atom. The highest BCUT2D eigenvalue weighted by atomic mass is 35.5. The summed E-state index contributed by atoms with van der Waals surface area (Å²) in [6.45, 7) is 2.11. The summed E-state index contributed by atoms with van der Waals surface area (Å²) in [5, 5.41) is 0. The summed E-state index contributed by atoms with van der Waals surface area (Å²) in [7, 11) is 0. The standard InChI is InChI=1S/C11H13ClN4S/c1-2-3-7-6-10(16-13)15-11(14-7)8-4-5-9(12)17-8/h4-6H,2-3,13H2,1H3,(H,14,15,16). The van der Waals surface area contributed by atoms with Gasteiger partial charge in [0.15, 0.2) is 5.82 Å². The normalized spacial score (nSPS) is 10.5. The van der Waals surface area contributed by atoms with Crippen molar-refractivity contribution in [2.45, 2.75) is 19.8 Å². The molecule has 0 fully saturated rings. The number of rotatable bonds is 4. The van der Waals surface area contributed by atoms with Crippen LogP contribution < -0.4 is 11.3 Å². The molecule has 2 aromatic heterocycles. The van der Waals surface area contributed by atoms with Gasteiger partial charge in [-0.3, -0.25) is 0 Å². The number of nitrogens with two attached hydrogens (primary N) is 1. The molecular weight excluding hydrogens is 256 g/mol. The van der Waals surface area contributed by atoms with Crippen LogP contribution in [-0.2, 0) is 6.42 Å². The van der Waals surface area contributed by atoms with Crippen LogP contribution in [0.1, 0.15) is 19.0 Å². The molecule has 0 aliphatic carbocycles. The van der Waals surface area contributed by atoms with Crippen molar-refractivity contribution in [2.75, 3.05) is 5.43 Å². The maximum absolute atomic E-state index is 5.91. The summed E-state index contributed by atoms with van der Waals surface area (Å²) in [4.78, 5) is 9.77. The second kappa shape index (κ2) is 5.44. The van der Waals surface area contributed by atoms with Crippen molar-refractivity contribution >= 4 is 28.8 Å². The smallest absolute Gasteiger partial charge is 0.171 e. The van der Waals surface area contributed by atoms with Crippen LogP contribution in [0.3, 0.4) is 0 Å². The topological polar surface area (TPSA) is 63.8 Å². The molecule has 0 bridgehead atoms. The van der Waals surface area contributed by atoms with Crippen LogP contribution in [0, 0.1) is 0 Å². The molecule has 2 heterocycles. The van der Waals surface area contributed by atoms with Crippen LogP contribution in [0.15, 0.2) is 18.2 Å². The fraction of sp³-hybridized carbons (Fsp3) is 0.273. The van der Waals surface area contributed by atoms with Crippen molar-refractivity contribution in [3.8, 4) is 10.7 Å². The number of aromatic nitrogens is 2. The van der Waals surface area contributed by atoms with E-state index < -0.39 is 0 Å². The maximum atomic E-state index is 5.91. The van der Waals surface area contributed by atoms with Crippen LogP contribution in [0.4, 0.5) is 5.82 Å². The third-order valence-corrected chi connectivity index (χ3v) is 3.45. The first-order valence-corrected chi connectivity index (χ1v) is 6.52. The molecule has 6 heteroatoms. The number of halogens is 1. The molecule has 0 atom stereocenters. The molecule has 3 N–H and O–H groups in total. The summed E-state index contributed by atoms with van der Waals surface area (Å²) in [5.74, 6) is 6.70. The fourth-order valence-corrected chi connectivity index (χ4v) is 2.48. The zero-order chi connectivity index (χ0) is 12.3. The Morgan fingerprint density at radius 3 is 2.82 bits per heavy atom. The van der Waals surface area contributed by atoms with E-state index in [1.807, 2.05) is 18.2 Å². The molecule has 0 aliphatic heterocycles.